The van der Waals surface area contributed by atoms with Gasteiger partial charge in [0.05, 0.1) is 11.4 Å². The standard InChI is InChI=1S/C9H15ClN2O3S/c1-6-9(8(3)15-11-6)7(2)12-16(13,14)5-4-10/h7,12H,4-5H2,1-3H3. The minimum Gasteiger partial charge on any atom is -0.361 e. The first-order valence-corrected chi connectivity index (χ1v) is 7.05. The van der Waals surface area contributed by atoms with Gasteiger partial charge in [-0.2, -0.15) is 0 Å². The molecule has 1 heterocycles. The lowest BCUT2D eigenvalue weighted by Crippen LogP contribution is -2.30. The summed E-state index contributed by atoms with van der Waals surface area (Å²) in [6.07, 6.45) is 0. The van der Waals surface area contributed by atoms with Crippen molar-refractivity contribution < 1.29 is 12.9 Å². The van der Waals surface area contributed by atoms with Crippen LogP contribution in [0.4, 0.5) is 0 Å². The van der Waals surface area contributed by atoms with Crippen molar-refractivity contribution in [1.82, 2.24) is 9.88 Å². The molecule has 1 aromatic rings. The summed E-state index contributed by atoms with van der Waals surface area (Å²) in [5, 5.41) is 3.78. The van der Waals surface area contributed by atoms with Gasteiger partial charge in [-0.3, -0.25) is 0 Å². The van der Waals surface area contributed by atoms with E-state index >= 15 is 0 Å². The van der Waals surface area contributed by atoms with E-state index in [1.54, 1.807) is 20.8 Å². The summed E-state index contributed by atoms with van der Waals surface area (Å²) in [5.74, 6) is 0.602. The molecule has 0 spiro atoms. The van der Waals surface area contributed by atoms with Crippen LogP contribution in [-0.4, -0.2) is 25.2 Å². The molecular formula is C9H15ClN2O3S. The predicted octanol–water partition coefficient (Wildman–Crippen LogP) is 1.51. The maximum absolute atomic E-state index is 11.5. The van der Waals surface area contributed by atoms with Crippen molar-refractivity contribution in [2.45, 2.75) is 26.8 Å². The predicted molar refractivity (Wildman–Crippen MR) is 62.0 cm³/mol. The van der Waals surface area contributed by atoms with E-state index in [4.69, 9.17) is 16.1 Å². The minimum absolute atomic E-state index is 0.0731. The van der Waals surface area contributed by atoms with Gasteiger partial charge in [0.15, 0.2) is 0 Å². The Kier molecular flexibility index (Phi) is 4.35. The van der Waals surface area contributed by atoms with Crippen molar-refractivity contribution in [2.75, 3.05) is 11.6 Å². The molecule has 0 aliphatic carbocycles. The zero-order valence-electron chi connectivity index (χ0n) is 9.45. The molecule has 0 aromatic carbocycles. The highest BCUT2D eigenvalue weighted by atomic mass is 35.5. The molecule has 0 aliphatic heterocycles. The van der Waals surface area contributed by atoms with Crippen LogP contribution < -0.4 is 4.72 Å². The van der Waals surface area contributed by atoms with Crippen molar-refractivity contribution in [2.24, 2.45) is 0 Å². The zero-order valence-corrected chi connectivity index (χ0v) is 11.0. The van der Waals surface area contributed by atoms with E-state index in [-0.39, 0.29) is 17.7 Å². The summed E-state index contributed by atoms with van der Waals surface area (Å²) in [6, 6.07) is -0.362. The average molecular weight is 267 g/mol. The number of aromatic nitrogens is 1. The lowest BCUT2D eigenvalue weighted by molar-refractivity contribution is 0.391. The normalized spacial score (nSPS) is 14.0. The molecule has 0 saturated heterocycles. The van der Waals surface area contributed by atoms with Crippen molar-refractivity contribution in [3.63, 3.8) is 0 Å². The lowest BCUT2D eigenvalue weighted by atomic mass is 10.1. The fourth-order valence-electron chi connectivity index (χ4n) is 1.60. The topological polar surface area (TPSA) is 72.2 Å². The molecule has 0 amide bonds. The lowest BCUT2D eigenvalue weighted by Gasteiger charge is -2.13. The van der Waals surface area contributed by atoms with Crippen LogP contribution in [0.3, 0.4) is 0 Å². The maximum Gasteiger partial charge on any atom is 0.213 e. The number of alkyl halides is 1. The number of sulfonamides is 1. The Morgan fingerprint density at radius 3 is 2.56 bits per heavy atom. The zero-order chi connectivity index (χ0) is 12.3. The number of halogens is 1. The summed E-state index contributed by atoms with van der Waals surface area (Å²) < 4.78 is 30.5. The maximum atomic E-state index is 11.5. The number of rotatable bonds is 5. The van der Waals surface area contributed by atoms with E-state index in [0.717, 1.165) is 5.56 Å². The molecule has 92 valence electrons. The third-order valence-corrected chi connectivity index (χ3v) is 4.09. The highest BCUT2D eigenvalue weighted by molar-refractivity contribution is 7.89. The van der Waals surface area contributed by atoms with Gasteiger partial charge in [-0.1, -0.05) is 5.16 Å². The van der Waals surface area contributed by atoms with Gasteiger partial charge in [-0.15, -0.1) is 11.6 Å². The van der Waals surface area contributed by atoms with Gasteiger partial charge in [0, 0.05) is 17.5 Å². The Hall–Kier alpha value is -0.590. The number of hydrogen-bond acceptors (Lipinski definition) is 4. The van der Waals surface area contributed by atoms with E-state index in [9.17, 15) is 8.42 Å². The van der Waals surface area contributed by atoms with Gasteiger partial charge in [-0.05, 0) is 20.8 Å². The highest BCUT2D eigenvalue weighted by Crippen LogP contribution is 2.21. The SMILES string of the molecule is Cc1noc(C)c1C(C)NS(=O)(=O)CCCl. The smallest absolute Gasteiger partial charge is 0.213 e. The quantitative estimate of drug-likeness (QED) is 0.820. The van der Waals surface area contributed by atoms with Gasteiger partial charge in [-0.25, -0.2) is 13.1 Å². The number of nitrogens with one attached hydrogen (secondary N) is 1. The summed E-state index contributed by atoms with van der Waals surface area (Å²) in [4.78, 5) is 0. The number of hydrogen-bond donors (Lipinski definition) is 1. The van der Waals surface area contributed by atoms with Gasteiger partial charge in [0.2, 0.25) is 10.0 Å². The molecule has 7 heteroatoms. The van der Waals surface area contributed by atoms with Gasteiger partial charge in [0.1, 0.15) is 5.76 Å². The van der Waals surface area contributed by atoms with E-state index in [2.05, 4.69) is 9.88 Å². The summed E-state index contributed by atoms with van der Waals surface area (Å²) in [7, 11) is -3.34. The van der Waals surface area contributed by atoms with Gasteiger partial charge in [0.25, 0.3) is 0 Å². The first kappa shape index (κ1) is 13.5. The van der Waals surface area contributed by atoms with Crippen LogP contribution in [0, 0.1) is 13.8 Å². The first-order chi connectivity index (χ1) is 7.37. The third kappa shape index (κ3) is 3.20. The molecule has 0 bridgehead atoms. The van der Waals surface area contributed by atoms with Crippen LogP contribution in [0.1, 0.15) is 30.0 Å². The largest absolute Gasteiger partial charge is 0.361 e. The number of aryl methyl sites for hydroxylation is 2. The van der Waals surface area contributed by atoms with Crippen LogP contribution >= 0.6 is 11.6 Å². The summed E-state index contributed by atoms with van der Waals surface area (Å²) in [5.41, 5.74) is 1.47. The molecule has 0 radical (unpaired) electrons. The fraction of sp³-hybridized carbons (Fsp3) is 0.667. The Bertz CT molecular complexity index is 436. The van der Waals surface area contributed by atoms with E-state index in [1.807, 2.05) is 0 Å². The third-order valence-electron chi connectivity index (χ3n) is 2.22. The van der Waals surface area contributed by atoms with Crippen molar-refractivity contribution in [1.29, 1.82) is 0 Å². The Labute approximate surface area is 100 Å². The summed E-state index contributed by atoms with van der Waals surface area (Å²) in [6.45, 7) is 5.28. The van der Waals surface area contributed by atoms with Crippen molar-refractivity contribution in [3.05, 3.63) is 17.0 Å². The van der Waals surface area contributed by atoms with Gasteiger partial charge < -0.3 is 4.52 Å². The van der Waals surface area contributed by atoms with E-state index < -0.39 is 10.0 Å². The molecule has 16 heavy (non-hydrogen) atoms. The molecule has 1 rings (SSSR count). The Balaban J connectivity index is 2.84. The molecular weight excluding hydrogens is 252 g/mol. The average Bonchev–Trinajstić information content (AvgIpc) is 2.44. The molecule has 1 aromatic heterocycles. The molecule has 5 nitrogen and oxygen atoms in total. The van der Waals surface area contributed by atoms with Crippen LogP contribution in [0.25, 0.3) is 0 Å². The van der Waals surface area contributed by atoms with Crippen LogP contribution in [0.15, 0.2) is 4.52 Å². The molecule has 0 saturated carbocycles. The summed E-state index contributed by atoms with van der Waals surface area (Å²) >= 11 is 5.41. The molecule has 0 fully saturated rings. The van der Waals surface area contributed by atoms with Gasteiger partial charge >= 0.3 is 0 Å². The first-order valence-electron chi connectivity index (χ1n) is 4.86. The number of nitrogens with zero attached hydrogens (tertiary/aromatic N) is 1. The van der Waals surface area contributed by atoms with Crippen molar-refractivity contribution in [3.8, 4) is 0 Å². The second-order valence-electron chi connectivity index (χ2n) is 3.59. The van der Waals surface area contributed by atoms with E-state index in [1.165, 1.54) is 0 Å². The van der Waals surface area contributed by atoms with Crippen LogP contribution in [0.2, 0.25) is 0 Å². The second-order valence-corrected chi connectivity index (χ2v) is 5.84. The molecule has 1 unspecified atom stereocenters. The van der Waals surface area contributed by atoms with Crippen LogP contribution in [0.5, 0.6) is 0 Å². The highest BCUT2D eigenvalue weighted by Gasteiger charge is 2.21. The molecule has 1 N–H and O–H groups in total. The fourth-order valence-corrected chi connectivity index (χ4v) is 3.18. The monoisotopic (exact) mass is 266 g/mol. The molecule has 1 atom stereocenters. The second kappa shape index (κ2) is 5.16. The Morgan fingerprint density at radius 2 is 2.12 bits per heavy atom. The minimum atomic E-state index is -3.34. The Morgan fingerprint density at radius 1 is 1.50 bits per heavy atom. The van der Waals surface area contributed by atoms with Crippen LogP contribution in [-0.2, 0) is 10.0 Å². The van der Waals surface area contributed by atoms with Crippen molar-refractivity contribution >= 4 is 21.6 Å². The van der Waals surface area contributed by atoms with E-state index in [0.29, 0.717) is 11.5 Å². The molecule has 0 aliphatic rings.